The molecule has 116 valence electrons. The Morgan fingerprint density at radius 2 is 2.00 bits per heavy atom. The van der Waals surface area contributed by atoms with Crippen LogP contribution in [-0.2, 0) is 6.54 Å². The van der Waals surface area contributed by atoms with Crippen molar-refractivity contribution in [3.63, 3.8) is 0 Å². The predicted molar refractivity (Wildman–Crippen MR) is 90.5 cm³/mol. The van der Waals surface area contributed by atoms with Crippen molar-refractivity contribution in [2.75, 3.05) is 0 Å². The third-order valence-corrected chi connectivity index (χ3v) is 4.12. The Morgan fingerprint density at radius 1 is 1.17 bits per heavy atom. The summed E-state index contributed by atoms with van der Waals surface area (Å²) in [7, 11) is 0. The van der Waals surface area contributed by atoms with E-state index < -0.39 is 0 Å². The minimum absolute atomic E-state index is 0.115. The monoisotopic (exact) mass is 365 g/mol. The summed E-state index contributed by atoms with van der Waals surface area (Å²) in [6, 6.07) is 9.04. The lowest BCUT2D eigenvalue weighted by Gasteiger charge is -2.05. The fourth-order valence-corrected chi connectivity index (χ4v) is 2.80. The molecular weight excluding hydrogens is 357 g/mol. The molecule has 0 saturated heterocycles. The molecule has 0 fully saturated rings. The van der Waals surface area contributed by atoms with Gasteiger partial charge in [-0.2, -0.15) is 0 Å². The molecule has 0 spiro atoms. The SMILES string of the molecule is O=C(c1cc(Cl)n(Cc2cccc(Cl)c2)c1)c1cncnc1Cl. The van der Waals surface area contributed by atoms with Gasteiger partial charge in [0.05, 0.1) is 5.56 Å². The number of carbonyl (C=O) groups excluding carboxylic acids is 1. The summed E-state index contributed by atoms with van der Waals surface area (Å²) in [6.07, 6.45) is 4.35. The molecule has 0 aliphatic carbocycles. The van der Waals surface area contributed by atoms with E-state index in [2.05, 4.69) is 9.97 Å². The van der Waals surface area contributed by atoms with Gasteiger partial charge in [-0.1, -0.05) is 46.9 Å². The Bertz CT molecular complexity index is 877. The second-order valence-corrected chi connectivity index (χ2v) is 6.05. The zero-order chi connectivity index (χ0) is 16.4. The minimum atomic E-state index is -0.276. The van der Waals surface area contributed by atoms with Gasteiger partial charge < -0.3 is 4.57 Å². The number of hydrogen-bond donors (Lipinski definition) is 0. The Kier molecular flexibility index (Phi) is 4.66. The van der Waals surface area contributed by atoms with E-state index in [9.17, 15) is 4.79 Å². The van der Waals surface area contributed by atoms with E-state index in [0.717, 1.165) is 5.56 Å². The van der Waals surface area contributed by atoms with E-state index in [0.29, 0.717) is 22.3 Å². The van der Waals surface area contributed by atoms with Gasteiger partial charge in [-0.3, -0.25) is 4.79 Å². The van der Waals surface area contributed by atoms with Gasteiger partial charge >= 0.3 is 0 Å². The Hall–Kier alpha value is -1.88. The van der Waals surface area contributed by atoms with Crippen LogP contribution in [0.25, 0.3) is 0 Å². The highest BCUT2D eigenvalue weighted by atomic mass is 35.5. The second-order valence-electron chi connectivity index (χ2n) is 4.87. The highest BCUT2D eigenvalue weighted by Gasteiger charge is 2.17. The van der Waals surface area contributed by atoms with Crippen molar-refractivity contribution < 1.29 is 4.79 Å². The topological polar surface area (TPSA) is 47.8 Å². The first-order valence-corrected chi connectivity index (χ1v) is 7.78. The second kappa shape index (κ2) is 6.71. The summed E-state index contributed by atoms with van der Waals surface area (Å²) < 4.78 is 1.76. The Morgan fingerprint density at radius 3 is 2.74 bits per heavy atom. The van der Waals surface area contributed by atoms with E-state index in [1.165, 1.54) is 12.5 Å². The number of aromatic nitrogens is 3. The number of carbonyl (C=O) groups is 1. The molecule has 2 heterocycles. The van der Waals surface area contributed by atoms with Crippen molar-refractivity contribution in [1.29, 1.82) is 0 Å². The van der Waals surface area contributed by atoms with Crippen LogP contribution in [0.5, 0.6) is 0 Å². The van der Waals surface area contributed by atoms with Crippen LogP contribution in [0.4, 0.5) is 0 Å². The van der Waals surface area contributed by atoms with E-state index in [-0.39, 0.29) is 16.5 Å². The fraction of sp³-hybridized carbons (Fsp3) is 0.0625. The molecule has 0 atom stereocenters. The van der Waals surface area contributed by atoms with E-state index in [4.69, 9.17) is 34.8 Å². The number of ketones is 1. The first kappa shape index (κ1) is 16.0. The molecule has 23 heavy (non-hydrogen) atoms. The van der Waals surface area contributed by atoms with E-state index in [1.54, 1.807) is 22.9 Å². The van der Waals surface area contributed by atoms with Crippen LogP contribution < -0.4 is 0 Å². The van der Waals surface area contributed by atoms with Gasteiger partial charge in [0.2, 0.25) is 0 Å². The first-order valence-electron chi connectivity index (χ1n) is 6.65. The summed E-state index contributed by atoms with van der Waals surface area (Å²) in [4.78, 5) is 20.1. The third-order valence-electron chi connectivity index (χ3n) is 3.26. The molecule has 0 saturated carbocycles. The normalized spacial score (nSPS) is 10.7. The maximum atomic E-state index is 12.5. The Balaban J connectivity index is 1.89. The van der Waals surface area contributed by atoms with Crippen LogP contribution in [0, 0.1) is 0 Å². The van der Waals surface area contributed by atoms with Gasteiger partial charge in [-0.25, -0.2) is 9.97 Å². The van der Waals surface area contributed by atoms with Crippen molar-refractivity contribution in [1.82, 2.24) is 14.5 Å². The maximum Gasteiger partial charge on any atom is 0.199 e. The molecule has 4 nitrogen and oxygen atoms in total. The lowest BCUT2D eigenvalue weighted by molar-refractivity contribution is 0.103. The fourth-order valence-electron chi connectivity index (χ4n) is 2.18. The molecule has 3 aromatic rings. The molecule has 0 radical (unpaired) electrons. The summed E-state index contributed by atoms with van der Waals surface area (Å²) in [5, 5.41) is 1.21. The Labute approximate surface area is 147 Å². The third kappa shape index (κ3) is 3.55. The summed E-state index contributed by atoms with van der Waals surface area (Å²) in [5.74, 6) is -0.276. The van der Waals surface area contributed by atoms with Crippen molar-refractivity contribution in [3.05, 3.63) is 81.1 Å². The van der Waals surface area contributed by atoms with Gasteiger partial charge in [0.15, 0.2) is 5.78 Å². The van der Waals surface area contributed by atoms with Crippen LogP contribution in [-0.4, -0.2) is 20.3 Å². The number of rotatable bonds is 4. The van der Waals surface area contributed by atoms with Crippen LogP contribution in [0.3, 0.4) is 0 Å². The predicted octanol–water partition coefficient (Wildman–Crippen LogP) is 4.52. The molecule has 0 bridgehead atoms. The molecule has 0 aliphatic heterocycles. The maximum absolute atomic E-state index is 12.5. The van der Waals surface area contributed by atoms with Gasteiger partial charge in [0, 0.05) is 29.5 Å². The molecule has 0 unspecified atom stereocenters. The van der Waals surface area contributed by atoms with Gasteiger partial charge in [0.1, 0.15) is 16.6 Å². The average molecular weight is 367 g/mol. The summed E-state index contributed by atoms with van der Waals surface area (Å²) in [6.45, 7) is 0.506. The van der Waals surface area contributed by atoms with Crippen molar-refractivity contribution in [3.8, 4) is 0 Å². The average Bonchev–Trinajstić information content (AvgIpc) is 2.88. The molecule has 0 N–H and O–H groups in total. The van der Waals surface area contributed by atoms with Crippen LogP contribution in [0.15, 0.2) is 49.1 Å². The van der Waals surface area contributed by atoms with Gasteiger partial charge in [-0.15, -0.1) is 0 Å². The zero-order valence-corrected chi connectivity index (χ0v) is 14.0. The molecule has 0 amide bonds. The summed E-state index contributed by atoms with van der Waals surface area (Å²) in [5.41, 5.74) is 1.65. The van der Waals surface area contributed by atoms with Crippen molar-refractivity contribution >= 4 is 40.6 Å². The lowest BCUT2D eigenvalue weighted by atomic mass is 10.1. The minimum Gasteiger partial charge on any atom is -0.334 e. The molecule has 7 heteroatoms. The number of nitrogens with zero attached hydrogens (tertiary/aromatic N) is 3. The van der Waals surface area contributed by atoms with E-state index >= 15 is 0 Å². The van der Waals surface area contributed by atoms with Crippen LogP contribution >= 0.6 is 34.8 Å². The van der Waals surface area contributed by atoms with Crippen LogP contribution in [0.1, 0.15) is 21.5 Å². The zero-order valence-electron chi connectivity index (χ0n) is 11.7. The lowest BCUT2D eigenvalue weighted by Crippen LogP contribution is -2.03. The number of halogens is 3. The largest absolute Gasteiger partial charge is 0.334 e. The van der Waals surface area contributed by atoms with Crippen molar-refractivity contribution in [2.45, 2.75) is 6.54 Å². The smallest absolute Gasteiger partial charge is 0.199 e. The molecule has 1 aromatic carbocycles. The molecule has 2 aromatic heterocycles. The van der Waals surface area contributed by atoms with E-state index in [1.807, 2.05) is 18.2 Å². The highest BCUT2D eigenvalue weighted by Crippen LogP contribution is 2.22. The van der Waals surface area contributed by atoms with Gasteiger partial charge in [-0.05, 0) is 23.8 Å². The molecule has 0 aliphatic rings. The van der Waals surface area contributed by atoms with Crippen LogP contribution in [0.2, 0.25) is 15.3 Å². The number of benzene rings is 1. The number of hydrogen-bond acceptors (Lipinski definition) is 3. The standard InChI is InChI=1S/C16H10Cl3N3O/c17-12-3-1-2-10(4-12)7-22-8-11(5-14(22)18)15(23)13-6-20-9-21-16(13)19/h1-6,8-9H,7H2. The van der Waals surface area contributed by atoms with Crippen molar-refractivity contribution in [2.24, 2.45) is 0 Å². The first-order chi connectivity index (χ1) is 11.0. The highest BCUT2D eigenvalue weighted by molar-refractivity contribution is 6.34. The quantitative estimate of drug-likeness (QED) is 0.504. The molecular formula is C16H10Cl3N3O. The summed E-state index contributed by atoms with van der Waals surface area (Å²) >= 11 is 18.1. The van der Waals surface area contributed by atoms with Gasteiger partial charge in [0.25, 0.3) is 0 Å². The molecule has 3 rings (SSSR count).